The van der Waals surface area contributed by atoms with Gasteiger partial charge in [0.1, 0.15) is 5.82 Å². The molecule has 2 aromatic heterocycles. The molecule has 0 radical (unpaired) electrons. The van der Waals surface area contributed by atoms with E-state index in [1.165, 1.54) is 6.20 Å². The van der Waals surface area contributed by atoms with Crippen molar-refractivity contribution >= 4 is 5.82 Å². The summed E-state index contributed by atoms with van der Waals surface area (Å²) in [4.78, 5) is 6.28. The largest absolute Gasteiger partial charge is 0.419 e. The molecule has 2 N–H and O–H groups in total. The van der Waals surface area contributed by atoms with Crippen LogP contribution in [0.5, 0.6) is 0 Å². The van der Waals surface area contributed by atoms with Gasteiger partial charge in [-0.3, -0.25) is 9.58 Å². The van der Waals surface area contributed by atoms with Gasteiger partial charge in [-0.1, -0.05) is 0 Å². The Morgan fingerprint density at radius 3 is 2.30 bits per heavy atom. The maximum Gasteiger partial charge on any atom is 0.419 e. The molecule has 4 heterocycles. The molecular formula is C21H26F3N5O. The second kappa shape index (κ2) is 6.43. The van der Waals surface area contributed by atoms with Gasteiger partial charge in [-0.25, -0.2) is 4.98 Å². The van der Waals surface area contributed by atoms with E-state index in [0.717, 1.165) is 38.1 Å². The van der Waals surface area contributed by atoms with Crippen molar-refractivity contribution in [3.8, 4) is 11.3 Å². The summed E-state index contributed by atoms with van der Waals surface area (Å²) in [5, 5.41) is 4.71. The van der Waals surface area contributed by atoms with Crippen molar-refractivity contribution < 1.29 is 17.9 Å². The van der Waals surface area contributed by atoms with Gasteiger partial charge in [0, 0.05) is 36.5 Å². The number of nitrogens with zero attached hydrogens (tertiary/aromatic N) is 4. The molecule has 5 rings (SSSR count). The van der Waals surface area contributed by atoms with E-state index in [9.17, 15) is 13.2 Å². The van der Waals surface area contributed by atoms with E-state index in [1.807, 2.05) is 10.7 Å². The number of fused-ring (bicyclic) bond motifs is 1. The number of alkyl halides is 3. The molecule has 6 nitrogen and oxygen atoms in total. The summed E-state index contributed by atoms with van der Waals surface area (Å²) in [6.45, 7) is 9.93. The van der Waals surface area contributed by atoms with Crippen LogP contribution in [0, 0.1) is 11.8 Å². The Morgan fingerprint density at radius 1 is 1.10 bits per heavy atom. The smallest absolute Gasteiger partial charge is 0.383 e. The van der Waals surface area contributed by atoms with E-state index in [0.29, 0.717) is 35.1 Å². The summed E-state index contributed by atoms with van der Waals surface area (Å²) >= 11 is 0. The third kappa shape index (κ3) is 3.19. The summed E-state index contributed by atoms with van der Waals surface area (Å²) in [7, 11) is 0. The van der Waals surface area contributed by atoms with Crippen molar-refractivity contribution in [2.24, 2.45) is 11.8 Å². The van der Waals surface area contributed by atoms with Gasteiger partial charge in [0.05, 0.1) is 36.1 Å². The fraction of sp³-hybridized carbons (Fsp3) is 0.619. The lowest BCUT2D eigenvalue weighted by Gasteiger charge is -2.36. The Morgan fingerprint density at radius 2 is 1.77 bits per heavy atom. The van der Waals surface area contributed by atoms with Crippen molar-refractivity contribution in [2.75, 3.05) is 32.0 Å². The number of aromatic nitrogens is 3. The normalized spacial score (nSPS) is 27.2. The highest BCUT2D eigenvalue weighted by molar-refractivity contribution is 5.63. The van der Waals surface area contributed by atoms with E-state index in [4.69, 9.17) is 15.6 Å². The predicted octanol–water partition coefficient (Wildman–Crippen LogP) is 3.35. The number of hydrogen-bond acceptors (Lipinski definition) is 5. The third-order valence-electron chi connectivity index (χ3n) is 6.59. The zero-order valence-electron chi connectivity index (χ0n) is 17.3. The average molecular weight is 421 g/mol. The number of nitrogens with two attached hydrogens (primary N) is 1. The molecule has 3 aliphatic rings. The van der Waals surface area contributed by atoms with Gasteiger partial charge in [-0.15, -0.1) is 0 Å². The van der Waals surface area contributed by atoms with Crippen LogP contribution in [0.15, 0.2) is 18.3 Å². The molecule has 0 amide bonds. The number of rotatable bonds is 3. The number of likely N-dealkylation sites (tertiary alicyclic amines) is 1. The molecule has 2 aliphatic heterocycles. The molecule has 9 heteroatoms. The van der Waals surface area contributed by atoms with Gasteiger partial charge in [0.2, 0.25) is 0 Å². The second-order valence-electron chi connectivity index (χ2n) is 9.69. The molecule has 0 spiro atoms. The van der Waals surface area contributed by atoms with Crippen molar-refractivity contribution in [3.05, 3.63) is 29.6 Å². The maximum atomic E-state index is 13.3. The van der Waals surface area contributed by atoms with Gasteiger partial charge in [0.25, 0.3) is 0 Å². The highest BCUT2D eigenvalue weighted by Gasteiger charge is 2.59. The Labute approximate surface area is 173 Å². The molecule has 30 heavy (non-hydrogen) atoms. The first-order valence-corrected chi connectivity index (χ1v) is 10.3. The van der Waals surface area contributed by atoms with Crippen molar-refractivity contribution in [2.45, 2.75) is 44.4 Å². The lowest BCUT2D eigenvalue weighted by molar-refractivity contribution is -0.137. The molecule has 2 saturated heterocycles. The summed E-state index contributed by atoms with van der Waals surface area (Å²) in [6, 6.07) is 3.54. The second-order valence-corrected chi connectivity index (χ2v) is 9.69. The molecule has 162 valence electrons. The predicted molar refractivity (Wildman–Crippen MR) is 106 cm³/mol. The molecule has 0 aromatic carbocycles. The van der Waals surface area contributed by atoms with Crippen molar-refractivity contribution in [1.82, 2.24) is 19.7 Å². The summed E-state index contributed by atoms with van der Waals surface area (Å²) < 4.78 is 47.2. The van der Waals surface area contributed by atoms with Gasteiger partial charge in [-0.05, 0) is 44.7 Å². The lowest BCUT2D eigenvalue weighted by Crippen LogP contribution is -2.48. The molecule has 1 saturated carbocycles. The van der Waals surface area contributed by atoms with E-state index < -0.39 is 17.6 Å². The molecule has 1 aliphatic carbocycles. The lowest BCUT2D eigenvalue weighted by atomic mass is 10.1. The fourth-order valence-electron chi connectivity index (χ4n) is 4.88. The summed E-state index contributed by atoms with van der Waals surface area (Å²) in [5.74, 6) is 1.03. The Balaban J connectivity index is 1.46. The minimum atomic E-state index is -4.55. The third-order valence-corrected chi connectivity index (χ3v) is 6.59. The topological polar surface area (TPSA) is 69.2 Å². The van der Waals surface area contributed by atoms with Crippen LogP contribution in [-0.2, 0) is 16.5 Å². The molecular weight excluding hydrogens is 395 g/mol. The van der Waals surface area contributed by atoms with Gasteiger partial charge < -0.3 is 10.5 Å². The Hall–Kier alpha value is -2.13. The zero-order valence-corrected chi connectivity index (χ0v) is 17.3. The average Bonchev–Trinajstić information content (AvgIpc) is 2.95. The van der Waals surface area contributed by atoms with Crippen LogP contribution in [0.1, 0.15) is 37.9 Å². The molecule has 3 atom stereocenters. The van der Waals surface area contributed by atoms with Crippen LogP contribution < -0.4 is 5.73 Å². The Kier molecular flexibility index (Phi) is 4.25. The SMILES string of the molecule is CC(C)(C)n1nc(-c2cnc(N)c(C(F)(F)F)c2)cc1C1[C@H]2CN(C3COC3)C[C@@H]12. The van der Waals surface area contributed by atoms with Crippen LogP contribution >= 0.6 is 0 Å². The van der Waals surface area contributed by atoms with Crippen LogP contribution in [0.25, 0.3) is 11.3 Å². The molecule has 2 aromatic rings. The van der Waals surface area contributed by atoms with E-state index in [2.05, 4.69) is 30.7 Å². The number of ether oxygens (including phenoxy) is 1. The van der Waals surface area contributed by atoms with Gasteiger partial charge in [-0.2, -0.15) is 18.3 Å². The van der Waals surface area contributed by atoms with E-state index >= 15 is 0 Å². The standard InChI is InChI=1S/C21H26F3N5O/c1-20(2,3)29-17(18-13-7-28(8-14(13)18)12-9-30-10-12)5-16(27-29)11-4-15(21(22,23)24)19(25)26-6-11/h4-6,12-14,18H,7-10H2,1-3H3,(H2,25,26)/t13-,14+,18?. The number of piperidine rings is 1. The number of hydrogen-bond donors (Lipinski definition) is 1. The van der Waals surface area contributed by atoms with Gasteiger partial charge >= 0.3 is 6.18 Å². The Bertz CT molecular complexity index is 964. The fourth-order valence-corrected chi connectivity index (χ4v) is 4.88. The first-order chi connectivity index (χ1) is 14.0. The number of anilines is 1. The minimum Gasteiger partial charge on any atom is -0.383 e. The molecule has 0 bridgehead atoms. The molecule has 1 unspecified atom stereocenters. The van der Waals surface area contributed by atoms with Crippen molar-refractivity contribution in [3.63, 3.8) is 0 Å². The van der Waals surface area contributed by atoms with Crippen LogP contribution in [-0.4, -0.2) is 52.0 Å². The monoisotopic (exact) mass is 421 g/mol. The van der Waals surface area contributed by atoms with Crippen LogP contribution in [0.4, 0.5) is 19.0 Å². The summed E-state index contributed by atoms with van der Waals surface area (Å²) in [6.07, 6.45) is -3.18. The number of halogens is 3. The van der Waals surface area contributed by atoms with E-state index in [1.54, 1.807) is 0 Å². The zero-order chi connectivity index (χ0) is 21.4. The number of nitrogen functional groups attached to an aromatic ring is 1. The highest BCUT2D eigenvalue weighted by atomic mass is 19.4. The minimum absolute atomic E-state index is 0.278. The van der Waals surface area contributed by atoms with Crippen LogP contribution in [0.3, 0.4) is 0 Å². The first-order valence-electron chi connectivity index (χ1n) is 10.3. The highest BCUT2D eigenvalue weighted by Crippen LogP contribution is 2.59. The first kappa shape index (κ1) is 19.8. The maximum absolute atomic E-state index is 13.3. The van der Waals surface area contributed by atoms with Crippen LogP contribution in [0.2, 0.25) is 0 Å². The number of pyridine rings is 1. The summed E-state index contributed by atoms with van der Waals surface area (Å²) in [5.41, 5.74) is 6.20. The molecule has 3 fully saturated rings. The van der Waals surface area contributed by atoms with Crippen molar-refractivity contribution in [1.29, 1.82) is 0 Å². The van der Waals surface area contributed by atoms with E-state index in [-0.39, 0.29) is 5.54 Å². The van der Waals surface area contributed by atoms with Gasteiger partial charge in [0.15, 0.2) is 0 Å². The quantitative estimate of drug-likeness (QED) is 0.823.